The molecule has 18 heavy (non-hydrogen) atoms. The minimum absolute atomic E-state index is 0.0346. The number of rotatable bonds is 3. The lowest BCUT2D eigenvalue weighted by molar-refractivity contribution is 0.0690. The van der Waals surface area contributed by atoms with E-state index >= 15 is 0 Å². The highest BCUT2D eigenvalue weighted by atomic mass is 16.5. The molecule has 0 unspecified atom stereocenters. The number of carbonyl (C=O) groups is 1. The predicted molar refractivity (Wildman–Crippen MR) is 66.5 cm³/mol. The fourth-order valence-corrected chi connectivity index (χ4v) is 1.83. The van der Waals surface area contributed by atoms with E-state index in [1.807, 2.05) is 6.92 Å². The highest BCUT2D eigenvalue weighted by molar-refractivity contribution is 5.95. The number of carboxylic acid groups (broad SMARTS) is 1. The quantitative estimate of drug-likeness (QED) is 0.900. The molecule has 0 radical (unpaired) electrons. The van der Waals surface area contributed by atoms with Gasteiger partial charge in [0.2, 0.25) is 0 Å². The Labute approximate surface area is 104 Å². The van der Waals surface area contributed by atoms with E-state index in [1.54, 1.807) is 19.2 Å². The minimum atomic E-state index is -1.08. The SMILES string of the molecule is COc1cc(C)c2nc(C(=O)O)cc(OC)c2c1. The van der Waals surface area contributed by atoms with Crippen LogP contribution in [-0.2, 0) is 0 Å². The molecule has 0 spiro atoms. The van der Waals surface area contributed by atoms with E-state index in [4.69, 9.17) is 14.6 Å². The Morgan fingerprint density at radius 3 is 2.50 bits per heavy atom. The van der Waals surface area contributed by atoms with Crippen molar-refractivity contribution in [3.8, 4) is 11.5 Å². The summed E-state index contributed by atoms with van der Waals surface area (Å²) in [5, 5.41) is 9.75. The first kappa shape index (κ1) is 12.2. The van der Waals surface area contributed by atoms with E-state index in [0.29, 0.717) is 17.0 Å². The number of carboxylic acids is 1. The van der Waals surface area contributed by atoms with Gasteiger partial charge in [-0.3, -0.25) is 0 Å². The maximum atomic E-state index is 11.0. The van der Waals surface area contributed by atoms with Crippen LogP contribution in [0.15, 0.2) is 18.2 Å². The van der Waals surface area contributed by atoms with E-state index in [9.17, 15) is 4.79 Å². The molecule has 0 bridgehead atoms. The molecule has 0 aliphatic heterocycles. The molecular weight excluding hydrogens is 234 g/mol. The van der Waals surface area contributed by atoms with Gasteiger partial charge in [0.1, 0.15) is 11.5 Å². The van der Waals surface area contributed by atoms with Crippen molar-refractivity contribution < 1.29 is 19.4 Å². The Morgan fingerprint density at radius 2 is 1.94 bits per heavy atom. The zero-order chi connectivity index (χ0) is 13.3. The number of benzene rings is 1. The monoisotopic (exact) mass is 247 g/mol. The molecule has 1 heterocycles. The van der Waals surface area contributed by atoms with Gasteiger partial charge in [0.25, 0.3) is 0 Å². The van der Waals surface area contributed by atoms with Crippen molar-refractivity contribution in [2.75, 3.05) is 14.2 Å². The third kappa shape index (κ3) is 1.95. The second-order valence-electron chi connectivity index (χ2n) is 3.86. The summed E-state index contributed by atoms with van der Waals surface area (Å²) in [5.74, 6) is 0.0768. The van der Waals surface area contributed by atoms with Gasteiger partial charge in [0.15, 0.2) is 5.69 Å². The zero-order valence-electron chi connectivity index (χ0n) is 10.4. The highest BCUT2D eigenvalue weighted by Crippen LogP contribution is 2.31. The second kappa shape index (κ2) is 4.52. The molecule has 94 valence electrons. The van der Waals surface area contributed by atoms with Crippen LogP contribution in [0.25, 0.3) is 10.9 Å². The van der Waals surface area contributed by atoms with Crippen molar-refractivity contribution in [1.82, 2.24) is 4.98 Å². The molecule has 0 atom stereocenters. The first-order valence-corrected chi connectivity index (χ1v) is 5.33. The summed E-state index contributed by atoms with van der Waals surface area (Å²) in [5.41, 5.74) is 1.41. The summed E-state index contributed by atoms with van der Waals surface area (Å²) >= 11 is 0. The maximum Gasteiger partial charge on any atom is 0.354 e. The Hall–Kier alpha value is -2.30. The highest BCUT2D eigenvalue weighted by Gasteiger charge is 2.13. The summed E-state index contributed by atoms with van der Waals surface area (Å²) in [6.07, 6.45) is 0. The number of pyridine rings is 1. The molecule has 0 saturated carbocycles. The Bertz CT molecular complexity index is 622. The number of aryl methyl sites for hydroxylation is 1. The Morgan fingerprint density at radius 1 is 1.22 bits per heavy atom. The van der Waals surface area contributed by atoms with E-state index in [1.165, 1.54) is 13.2 Å². The van der Waals surface area contributed by atoms with Gasteiger partial charge in [0.05, 0.1) is 19.7 Å². The van der Waals surface area contributed by atoms with Crippen LogP contribution >= 0.6 is 0 Å². The van der Waals surface area contributed by atoms with Gasteiger partial charge >= 0.3 is 5.97 Å². The van der Waals surface area contributed by atoms with E-state index < -0.39 is 5.97 Å². The average Bonchev–Trinajstić information content (AvgIpc) is 2.37. The van der Waals surface area contributed by atoms with Gasteiger partial charge in [-0.05, 0) is 24.6 Å². The molecule has 0 fully saturated rings. The molecule has 1 aromatic carbocycles. The van der Waals surface area contributed by atoms with Gasteiger partial charge in [-0.2, -0.15) is 0 Å². The first-order chi connectivity index (χ1) is 8.56. The molecule has 0 aliphatic rings. The first-order valence-electron chi connectivity index (χ1n) is 5.33. The topological polar surface area (TPSA) is 68.7 Å². The molecule has 0 saturated heterocycles. The van der Waals surface area contributed by atoms with Gasteiger partial charge in [-0.15, -0.1) is 0 Å². The number of aromatic carboxylic acids is 1. The number of methoxy groups -OCH3 is 2. The second-order valence-corrected chi connectivity index (χ2v) is 3.86. The summed E-state index contributed by atoms with van der Waals surface area (Å²) in [7, 11) is 3.07. The van der Waals surface area contributed by atoms with Crippen molar-refractivity contribution in [3.63, 3.8) is 0 Å². The van der Waals surface area contributed by atoms with Crippen LogP contribution < -0.4 is 9.47 Å². The standard InChI is InChI=1S/C13H13NO4/c1-7-4-8(17-2)5-9-11(18-3)6-10(13(15)16)14-12(7)9/h4-6H,1-3H3,(H,15,16). The molecule has 1 aromatic heterocycles. The van der Waals surface area contributed by atoms with Gasteiger partial charge in [0, 0.05) is 11.5 Å². The van der Waals surface area contributed by atoms with Crippen LogP contribution in [0.1, 0.15) is 16.1 Å². The van der Waals surface area contributed by atoms with Gasteiger partial charge < -0.3 is 14.6 Å². The molecule has 1 N–H and O–H groups in total. The predicted octanol–water partition coefficient (Wildman–Crippen LogP) is 2.26. The molecule has 5 heteroatoms. The number of nitrogens with zero attached hydrogens (tertiary/aromatic N) is 1. The largest absolute Gasteiger partial charge is 0.497 e. The lowest BCUT2D eigenvalue weighted by Crippen LogP contribution is -2.02. The molecule has 0 amide bonds. The van der Waals surface area contributed by atoms with Crippen LogP contribution in [0, 0.1) is 6.92 Å². The third-order valence-electron chi connectivity index (χ3n) is 2.71. The fourth-order valence-electron chi connectivity index (χ4n) is 1.83. The lowest BCUT2D eigenvalue weighted by atomic mass is 10.1. The molecular formula is C13H13NO4. The zero-order valence-corrected chi connectivity index (χ0v) is 10.4. The molecule has 5 nitrogen and oxygen atoms in total. The van der Waals surface area contributed by atoms with Crippen molar-refractivity contribution in [2.24, 2.45) is 0 Å². The molecule has 2 rings (SSSR count). The van der Waals surface area contributed by atoms with Crippen molar-refractivity contribution >= 4 is 16.9 Å². The van der Waals surface area contributed by atoms with Crippen LogP contribution in [0.3, 0.4) is 0 Å². The molecule has 0 aliphatic carbocycles. The van der Waals surface area contributed by atoms with Crippen LogP contribution in [0.5, 0.6) is 11.5 Å². The van der Waals surface area contributed by atoms with E-state index in [-0.39, 0.29) is 5.69 Å². The molecule has 2 aromatic rings. The van der Waals surface area contributed by atoms with Crippen molar-refractivity contribution in [2.45, 2.75) is 6.92 Å². The smallest absolute Gasteiger partial charge is 0.354 e. The number of fused-ring (bicyclic) bond motifs is 1. The van der Waals surface area contributed by atoms with Crippen LogP contribution in [0.2, 0.25) is 0 Å². The maximum absolute atomic E-state index is 11.0. The van der Waals surface area contributed by atoms with E-state index in [0.717, 1.165) is 10.9 Å². The van der Waals surface area contributed by atoms with Crippen LogP contribution in [0.4, 0.5) is 0 Å². The van der Waals surface area contributed by atoms with Crippen LogP contribution in [-0.4, -0.2) is 30.3 Å². The average molecular weight is 247 g/mol. The Kier molecular flexibility index (Phi) is 3.06. The number of aromatic nitrogens is 1. The van der Waals surface area contributed by atoms with Crippen molar-refractivity contribution in [3.05, 3.63) is 29.5 Å². The fraction of sp³-hybridized carbons (Fsp3) is 0.231. The summed E-state index contributed by atoms with van der Waals surface area (Å²) < 4.78 is 10.4. The summed E-state index contributed by atoms with van der Waals surface area (Å²) in [6.45, 7) is 1.85. The number of hydrogen-bond acceptors (Lipinski definition) is 4. The number of ether oxygens (including phenoxy) is 2. The van der Waals surface area contributed by atoms with Gasteiger partial charge in [-0.25, -0.2) is 9.78 Å². The number of hydrogen-bond donors (Lipinski definition) is 1. The van der Waals surface area contributed by atoms with Crippen molar-refractivity contribution in [1.29, 1.82) is 0 Å². The summed E-state index contributed by atoms with van der Waals surface area (Å²) in [4.78, 5) is 15.1. The summed E-state index contributed by atoms with van der Waals surface area (Å²) in [6, 6.07) is 4.99. The minimum Gasteiger partial charge on any atom is -0.497 e. The third-order valence-corrected chi connectivity index (χ3v) is 2.71. The lowest BCUT2D eigenvalue weighted by Gasteiger charge is -2.10. The Balaban J connectivity index is 2.82. The van der Waals surface area contributed by atoms with E-state index in [2.05, 4.69) is 4.98 Å². The van der Waals surface area contributed by atoms with Gasteiger partial charge in [-0.1, -0.05) is 0 Å². The normalized spacial score (nSPS) is 10.4.